The minimum absolute atomic E-state index is 0.873. The molecule has 20 heavy (non-hydrogen) atoms. The highest BCUT2D eigenvalue weighted by Gasteiger charge is 2.51. The van der Waals surface area contributed by atoms with Gasteiger partial charge in [0.05, 0.1) is 0 Å². The summed E-state index contributed by atoms with van der Waals surface area (Å²) in [5, 5.41) is 0. The predicted octanol–water partition coefficient (Wildman–Crippen LogP) is 4.46. The highest BCUT2D eigenvalue weighted by atomic mass is 14.6. The summed E-state index contributed by atoms with van der Waals surface area (Å²) in [5.74, 6) is 8.20. The van der Waals surface area contributed by atoms with Crippen molar-refractivity contribution in [3.05, 3.63) is 0 Å². The van der Waals surface area contributed by atoms with Gasteiger partial charge in [-0.1, -0.05) is 19.8 Å². The highest BCUT2D eigenvalue weighted by molar-refractivity contribution is 5.01. The first-order valence-electron chi connectivity index (χ1n) is 9.44. The molecule has 0 aromatic carbocycles. The maximum Gasteiger partial charge on any atom is -0.00434 e. The van der Waals surface area contributed by atoms with Crippen LogP contribution in [0.2, 0.25) is 0 Å². The molecule has 5 rings (SSSR count). The standard InChI is InChI=1S/C19H33N/c1-12-2-4-15(5-3-12)18(11-20)19-16-7-13-6-14(9-16)10-17(19)8-13/h12-19H,2-11,20H2,1H3. The van der Waals surface area contributed by atoms with Gasteiger partial charge in [0.15, 0.2) is 0 Å². The first-order valence-corrected chi connectivity index (χ1v) is 9.44. The second kappa shape index (κ2) is 5.30. The Balaban J connectivity index is 1.50. The molecule has 0 aliphatic heterocycles. The van der Waals surface area contributed by atoms with Crippen LogP contribution in [0, 0.1) is 47.3 Å². The molecule has 114 valence electrons. The molecule has 0 radical (unpaired) electrons. The van der Waals surface area contributed by atoms with Gasteiger partial charge in [0.25, 0.3) is 0 Å². The molecule has 1 atom stereocenters. The second-order valence-corrected chi connectivity index (χ2v) is 8.93. The number of hydrogen-bond donors (Lipinski definition) is 1. The summed E-state index contributed by atoms with van der Waals surface area (Å²) in [6.45, 7) is 3.42. The molecule has 5 saturated carbocycles. The lowest BCUT2D eigenvalue weighted by molar-refractivity contribution is -0.0748. The Labute approximate surface area is 125 Å². The largest absolute Gasteiger partial charge is 0.330 e. The van der Waals surface area contributed by atoms with Crippen LogP contribution in [0.3, 0.4) is 0 Å². The lowest BCUT2D eigenvalue weighted by Gasteiger charge is -2.57. The summed E-state index contributed by atoms with van der Waals surface area (Å²) < 4.78 is 0. The average Bonchev–Trinajstić information content (AvgIpc) is 2.43. The monoisotopic (exact) mass is 275 g/mol. The van der Waals surface area contributed by atoms with Crippen LogP contribution in [-0.4, -0.2) is 6.54 Å². The Hall–Kier alpha value is -0.0400. The van der Waals surface area contributed by atoms with Crippen LogP contribution in [0.1, 0.15) is 64.7 Å². The summed E-state index contributed by atoms with van der Waals surface area (Å²) >= 11 is 0. The van der Waals surface area contributed by atoms with E-state index in [1.807, 2.05) is 0 Å². The van der Waals surface area contributed by atoms with Gasteiger partial charge in [-0.2, -0.15) is 0 Å². The lowest BCUT2D eigenvalue weighted by atomic mass is 9.48. The topological polar surface area (TPSA) is 26.0 Å². The molecule has 5 fully saturated rings. The Kier molecular flexibility index (Phi) is 3.61. The van der Waals surface area contributed by atoms with E-state index in [0.29, 0.717) is 0 Å². The maximum absolute atomic E-state index is 6.32. The Morgan fingerprint density at radius 2 is 1.40 bits per heavy atom. The zero-order valence-corrected chi connectivity index (χ0v) is 13.3. The van der Waals surface area contributed by atoms with Gasteiger partial charge in [-0.15, -0.1) is 0 Å². The van der Waals surface area contributed by atoms with Crippen LogP contribution in [0.4, 0.5) is 0 Å². The molecule has 5 aliphatic carbocycles. The zero-order valence-electron chi connectivity index (χ0n) is 13.3. The van der Waals surface area contributed by atoms with Crippen molar-refractivity contribution in [3.8, 4) is 0 Å². The molecule has 0 heterocycles. The number of nitrogens with two attached hydrogens (primary N) is 1. The molecular formula is C19H33N. The van der Waals surface area contributed by atoms with E-state index in [0.717, 1.165) is 53.9 Å². The third-order valence-corrected chi connectivity index (χ3v) is 7.73. The SMILES string of the molecule is CC1CCC(C(CN)C2C3CC4CC(C3)CC2C4)CC1. The zero-order chi connectivity index (χ0) is 13.7. The fraction of sp³-hybridized carbons (Fsp3) is 1.00. The molecule has 0 amide bonds. The van der Waals surface area contributed by atoms with Gasteiger partial charge >= 0.3 is 0 Å². The van der Waals surface area contributed by atoms with E-state index in [4.69, 9.17) is 5.73 Å². The van der Waals surface area contributed by atoms with Gasteiger partial charge in [0, 0.05) is 0 Å². The molecule has 0 saturated heterocycles. The second-order valence-electron chi connectivity index (χ2n) is 8.93. The van der Waals surface area contributed by atoms with E-state index >= 15 is 0 Å². The molecule has 5 aliphatic rings. The van der Waals surface area contributed by atoms with Crippen molar-refractivity contribution >= 4 is 0 Å². The molecular weight excluding hydrogens is 242 g/mol. The van der Waals surface area contributed by atoms with Crippen LogP contribution in [0.15, 0.2) is 0 Å². The Morgan fingerprint density at radius 3 is 1.90 bits per heavy atom. The van der Waals surface area contributed by atoms with Gasteiger partial charge in [-0.3, -0.25) is 0 Å². The van der Waals surface area contributed by atoms with E-state index in [-0.39, 0.29) is 0 Å². The molecule has 1 heteroatoms. The molecule has 0 aromatic rings. The molecule has 4 bridgehead atoms. The smallest absolute Gasteiger partial charge is 0.00434 e. The fourth-order valence-electron chi connectivity index (χ4n) is 7.04. The molecule has 0 spiro atoms. The predicted molar refractivity (Wildman–Crippen MR) is 84.2 cm³/mol. The minimum Gasteiger partial charge on any atom is -0.330 e. The van der Waals surface area contributed by atoms with Crippen molar-refractivity contribution in [2.75, 3.05) is 6.54 Å². The number of rotatable bonds is 3. The Bertz CT molecular complexity index is 314. The summed E-state index contributed by atoms with van der Waals surface area (Å²) in [6, 6.07) is 0. The molecule has 2 N–H and O–H groups in total. The Morgan fingerprint density at radius 1 is 0.850 bits per heavy atom. The molecule has 1 nitrogen and oxygen atoms in total. The van der Waals surface area contributed by atoms with Gasteiger partial charge in [0.2, 0.25) is 0 Å². The molecule has 1 unspecified atom stereocenters. The van der Waals surface area contributed by atoms with Gasteiger partial charge < -0.3 is 5.73 Å². The van der Waals surface area contributed by atoms with Crippen LogP contribution in [0.25, 0.3) is 0 Å². The summed E-state index contributed by atoms with van der Waals surface area (Å²) in [7, 11) is 0. The van der Waals surface area contributed by atoms with E-state index in [9.17, 15) is 0 Å². The van der Waals surface area contributed by atoms with Crippen LogP contribution in [0.5, 0.6) is 0 Å². The number of hydrogen-bond acceptors (Lipinski definition) is 1. The van der Waals surface area contributed by atoms with Gasteiger partial charge in [-0.25, -0.2) is 0 Å². The first-order chi connectivity index (χ1) is 9.74. The van der Waals surface area contributed by atoms with Crippen molar-refractivity contribution in [2.45, 2.75) is 64.7 Å². The van der Waals surface area contributed by atoms with Crippen LogP contribution >= 0.6 is 0 Å². The van der Waals surface area contributed by atoms with Gasteiger partial charge in [-0.05, 0) is 98.8 Å². The maximum atomic E-state index is 6.32. The summed E-state index contributed by atoms with van der Waals surface area (Å²) in [5.41, 5.74) is 6.32. The first kappa shape index (κ1) is 13.6. The van der Waals surface area contributed by atoms with E-state index in [1.165, 1.54) is 25.7 Å². The fourth-order valence-corrected chi connectivity index (χ4v) is 7.04. The quantitative estimate of drug-likeness (QED) is 0.808. The van der Waals surface area contributed by atoms with Crippen molar-refractivity contribution in [2.24, 2.45) is 53.1 Å². The van der Waals surface area contributed by atoms with Crippen molar-refractivity contribution in [1.29, 1.82) is 0 Å². The highest BCUT2D eigenvalue weighted by Crippen LogP contribution is 2.59. The van der Waals surface area contributed by atoms with Crippen molar-refractivity contribution < 1.29 is 0 Å². The van der Waals surface area contributed by atoms with Gasteiger partial charge in [0.1, 0.15) is 0 Å². The summed E-state index contributed by atoms with van der Waals surface area (Å²) in [4.78, 5) is 0. The third-order valence-electron chi connectivity index (χ3n) is 7.73. The third kappa shape index (κ3) is 2.25. The van der Waals surface area contributed by atoms with E-state index in [1.54, 1.807) is 32.1 Å². The van der Waals surface area contributed by atoms with Crippen LogP contribution < -0.4 is 5.73 Å². The van der Waals surface area contributed by atoms with E-state index < -0.39 is 0 Å². The van der Waals surface area contributed by atoms with Crippen molar-refractivity contribution in [1.82, 2.24) is 0 Å². The lowest BCUT2D eigenvalue weighted by Crippen LogP contribution is -2.50. The van der Waals surface area contributed by atoms with Crippen molar-refractivity contribution in [3.63, 3.8) is 0 Å². The van der Waals surface area contributed by atoms with Crippen LogP contribution in [-0.2, 0) is 0 Å². The summed E-state index contributed by atoms with van der Waals surface area (Å²) in [6.07, 6.45) is 13.7. The van der Waals surface area contributed by atoms with E-state index in [2.05, 4.69) is 6.92 Å². The average molecular weight is 275 g/mol. The normalized spacial score (nSPS) is 52.2. The minimum atomic E-state index is 0.873. The molecule has 0 aromatic heterocycles.